The molecule has 5 rings (SSSR count). The van der Waals surface area contributed by atoms with Crippen molar-refractivity contribution in [3.8, 4) is 5.75 Å². The fourth-order valence-corrected chi connectivity index (χ4v) is 5.62. The number of likely N-dealkylation sites (tertiary alicyclic amines) is 1. The number of piperidine rings is 1. The largest absolute Gasteiger partial charge is 0.477 e. The number of halogens is 3. The van der Waals surface area contributed by atoms with Gasteiger partial charge in [0.05, 0.1) is 5.52 Å². The number of benzene rings is 2. The van der Waals surface area contributed by atoms with Gasteiger partial charge in [0.15, 0.2) is 5.94 Å². The van der Waals surface area contributed by atoms with E-state index in [0.717, 1.165) is 35.4 Å². The highest BCUT2D eigenvalue weighted by Crippen LogP contribution is 2.52. The van der Waals surface area contributed by atoms with Crippen LogP contribution in [0.1, 0.15) is 36.8 Å². The number of ether oxygens (including phenoxy) is 1. The van der Waals surface area contributed by atoms with E-state index in [1.54, 1.807) is 18.2 Å². The van der Waals surface area contributed by atoms with Crippen LogP contribution in [0.25, 0.3) is 17.0 Å². The number of nitrogens with one attached hydrogen (secondary N) is 1. The van der Waals surface area contributed by atoms with Gasteiger partial charge in [-0.25, -0.2) is 4.98 Å². The molecule has 2 fully saturated rings. The lowest BCUT2D eigenvalue weighted by Gasteiger charge is -2.37. The highest BCUT2D eigenvalue weighted by molar-refractivity contribution is 8.20. The second-order valence-electron chi connectivity index (χ2n) is 10.1. The van der Waals surface area contributed by atoms with Crippen LogP contribution in [-0.2, 0) is 4.79 Å². The van der Waals surface area contributed by atoms with Crippen LogP contribution in [0.15, 0.2) is 54.6 Å². The Bertz CT molecular complexity index is 1330. The lowest BCUT2D eigenvalue weighted by atomic mass is 10.0. The molecule has 3 aromatic rings. The van der Waals surface area contributed by atoms with Crippen LogP contribution >= 0.6 is 11.2 Å². The minimum Gasteiger partial charge on any atom is -0.477 e. The van der Waals surface area contributed by atoms with Gasteiger partial charge in [-0.1, -0.05) is 12.1 Å². The molecule has 0 radical (unpaired) electrons. The van der Waals surface area contributed by atoms with E-state index in [9.17, 15) is 16.5 Å². The number of amides is 1. The van der Waals surface area contributed by atoms with Gasteiger partial charge in [0.2, 0.25) is 17.1 Å². The van der Waals surface area contributed by atoms with E-state index in [0.29, 0.717) is 17.3 Å². The monoisotopic (exact) mass is 558 g/mol. The summed E-state index contributed by atoms with van der Waals surface area (Å²) in [5.74, 6) is -0.421. The molecule has 0 unspecified atom stereocenters. The van der Waals surface area contributed by atoms with Crippen molar-refractivity contribution < 1.29 is 21.2 Å². The zero-order chi connectivity index (χ0) is 27.4. The van der Waals surface area contributed by atoms with Gasteiger partial charge in [-0.2, -0.15) is 0 Å². The topological polar surface area (TPSA) is 57.7 Å². The molecule has 0 bridgehead atoms. The van der Waals surface area contributed by atoms with Crippen LogP contribution in [0.2, 0.25) is 0 Å². The summed E-state index contributed by atoms with van der Waals surface area (Å²) in [6.45, 7) is 6.58. The zero-order valence-corrected chi connectivity index (χ0v) is 22.7. The number of nitrogens with zero attached hydrogens (tertiary/aromatic N) is 3. The molecular weight excluding hydrogens is 525 g/mol. The molecule has 0 spiro atoms. The molecular formula is C29H33F3N4O2S. The first-order valence-corrected chi connectivity index (χ1v) is 14.8. The van der Waals surface area contributed by atoms with Gasteiger partial charge in [0.25, 0.3) is 0 Å². The number of carbonyl (C=O) groups excluding carboxylic acids is 1. The van der Waals surface area contributed by atoms with Crippen LogP contribution in [-0.4, -0.2) is 54.0 Å². The van der Waals surface area contributed by atoms with Crippen molar-refractivity contribution >= 4 is 45.6 Å². The summed E-state index contributed by atoms with van der Waals surface area (Å²) in [6, 6.07) is 14.6. The molecule has 1 aromatic heterocycles. The van der Waals surface area contributed by atoms with Gasteiger partial charge in [-0.3, -0.25) is 4.79 Å². The fourth-order valence-electron chi connectivity index (χ4n) is 5.35. The number of pyridine rings is 1. The number of carbonyl (C=O) groups is 1. The maximum Gasteiger partial charge on any atom is 0.248 e. The molecule has 39 heavy (non-hydrogen) atoms. The van der Waals surface area contributed by atoms with Crippen molar-refractivity contribution in [3.63, 3.8) is 0 Å². The Morgan fingerprint density at radius 3 is 2.46 bits per heavy atom. The van der Waals surface area contributed by atoms with E-state index in [4.69, 9.17) is 9.72 Å². The summed E-state index contributed by atoms with van der Waals surface area (Å²) in [5, 5.41) is 3.86. The highest BCUT2D eigenvalue weighted by Gasteiger charge is 2.27. The Hall–Kier alpha value is -3.24. The summed E-state index contributed by atoms with van der Waals surface area (Å²) < 4.78 is 41.8. The molecule has 1 N–H and O–H groups in total. The van der Waals surface area contributed by atoms with E-state index in [1.807, 2.05) is 18.2 Å². The average molecular weight is 559 g/mol. The summed E-state index contributed by atoms with van der Waals surface area (Å²) in [4.78, 5) is 22.5. The van der Waals surface area contributed by atoms with Crippen molar-refractivity contribution in [1.82, 2.24) is 9.88 Å². The van der Waals surface area contributed by atoms with Gasteiger partial charge in [0.1, 0.15) is 11.6 Å². The van der Waals surface area contributed by atoms with E-state index < -0.39 is 17.1 Å². The molecule has 208 valence electrons. The molecule has 6 nitrogen and oxygen atoms in total. The van der Waals surface area contributed by atoms with Crippen molar-refractivity contribution in [2.75, 3.05) is 42.3 Å². The molecule has 10 heteroatoms. The molecule has 0 saturated carbocycles. The smallest absolute Gasteiger partial charge is 0.248 e. The number of aromatic nitrogens is 1. The maximum atomic E-state index is 12.5. The minimum absolute atomic E-state index is 0.135. The van der Waals surface area contributed by atoms with E-state index in [1.165, 1.54) is 57.0 Å². The maximum absolute atomic E-state index is 12.5. The first kappa shape index (κ1) is 27.3. The Morgan fingerprint density at radius 1 is 1.05 bits per heavy atom. The molecule has 0 atom stereocenters. The summed E-state index contributed by atoms with van der Waals surface area (Å²) in [5.41, 5.74) is 3.35. The van der Waals surface area contributed by atoms with Gasteiger partial charge in [-0.15, -0.1) is 11.7 Å². The van der Waals surface area contributed by atoms with Gasteiger partial charge < -0.3 is 19.9 Å². The number of hydrogen-bond acceptors (Lipinski definition) is 5. The van der Waals surface area contributed by atoms with Crippen molar-refractivity contribution in [3.05, 3.63) is 65.7 Å². The number of aryl methyl sites for hydroxylation is 1. The summed E-state index contributed by atoms with van der Waals surface area (Å²) in [7, 11) is 0. The Morgan fingerprint density at radius 2 is 1.77 bits per heavy atom. The molecule has 2 aromatic carbocycles. The quantitative estimate of drug-likeness (QED) is 0.300. The third-order valence-corrected chi connectivity index (χ3v) is 7.77. The van der Waals surface area contributed by atoms with Crippen molar-refractivity contribution in [2.45, 2.75) is 38.6 Å². The van der Waals surface area contributed by atoms with E-state index in [-0.39, 0.29) is 11.7 Å². The van der Waals surface area contributed by atoms with Gasteiger partial charge >= 0.3 is 0 Å². The second-order valence-corrected chi connectivity index (χ2v) is 11.4. The van der Waals surface area contributed by atoms with Crippen molar-refractivity contribution in [2.24, 2.45) is 0 Å². The highest BCUT2D eigenvalue weighted by atomic mass is 32.3. The summed E-state index contributed by atoms with van der Waals surface area (Å²) in [6.07, 6.45) is 7.99. The Labute approximate surface area is 229 Å². The van der Waals surface area contributed by atoms with Gasteiger partial charge in [0, 0.05) is 36.3 Å². The molecule has 0 aliphatic carbocycles. The first-order chi connectivity index (χ1) is 18.7. The molecule has 2 saturated heterocycles. The SMILES string of the molecule is Cc1cc(N2CCC(N3CCCC3)CC2)nc2ccc(NC(=O)/C=C/c3ccc(OCS(F)(F)F)cc3)cc12. The van der Waals surface area contributed by atoms with Crippen LogP contribution in [0, 0.1) is 6.92 Å². The first-order valence-electron chi connectivity index (χ1n) is 13.3. The number of hydrogen-bond donors (Lipinski definition) is 1. The van der Waals surface area contributed by atoms with Gasteiger partial charge in [-0.05, 0) is 99.3 Å². The summed E-state index contributed by atoms with van der Waals surface area (Å²) >= 11 is -5.21. The van der Waals surface area contributed by atoms with Crippen LogP contribution in [0.5, 0.6) is 5.75 Å². The standard InChI is InChI=1S/C29H33F3N4O2S/c1-21-18-28(36-16-12-24(13-17-36)35-14-2-3-15-35)34-27-10-7-23(19-26(21)27)33-29(37)11-6-22-4-8-25(9-5-22)38-20-39(30,31)32/h4-11,18-19,24H,2-3,12-17,20H2,1H3,(H,33,37)/b11-6+. The molecule has 3 heterocycles. The van der Waals surface area contributed by atoms with Crippen molar-refractivity contribution in [1.29, 1.82) is 0 Å². The number of fused-ring (bicyclic) bond motifs is 1. The third kappa shape index (κ3) is 7.24. The van der Waals surface area contributed by atoms with Crippen LogP contribution in [0.3, 0.4) is 0 Å². The minimum atomic E-state index is -5.21. The normalized spacial score (nSPS) is 17.7. The lowest BCUT2D eigenvalue weighted by molar-refractivity contribution is -0.111. The van der Waals surface area contributed by atoms with E-state index in [2.05, 4.69) is 28.1 Å². The number of anilines is 2. The fraction of sp³-hybridized carbons (Fsp3) is 0.379. The second kappa shape index (κ2) is 11.9. The Kier molecular flexibility index (Phi) is 8.32. The average Bonchev–Trinajstić information content (AvgIpc) is 3.46. The van der Waals surface area contributed by atoms with Crippen LogP contribution < -0.4 is 15.0 Å². The number of rotatable bonds is 8. The predicted octanol–water partition coefficient (Wildman–Crippen LogP) is 7.05. The molecule has 1 amide bonds. The lowest BCUT2D eigenvalue weighted by Crippen LogP contribution is -2.44. The van der Waals surface area contributed by atoms with E-state index >= 15 is 0 Å². The predicted molar refractivity (Wildman–Crippen MR) is 153 cm³/mol. The third-order valence-electron chi connectivity index (χ3n) is 7.38. The Balaban J connectivity index is 1.18. The van der Waals surface area contributed by atoms with Crippen LogP contribution in [0.4, 0.5) is 23.2 Å². The molecule has 2 aliphatic heterocycles. The molecule has 2 aliphatic rings. The zero-order valence-electron chi connectivity index (χ0n) is 21.9.